The molecule has 0 bridgehead atoms. The van der Waals surface area contributed by atoms with Crippen LogP contribution < -0.4 is 0 Å². The van der Waals surface area contributed by atoms with Crippen LogP contribution in [0.3, 0.4) is 0 Å². The lowest BCUT2D eigenvalue weighted by molar-refractivity contribution is 0.0623. The summed E-state index contributed by atoms with van der Waals surface area (Å²) in [5.74, 6) is -1.19. The number of hydrogen-bond acceptors (Lipinski definition) is 5. The second kappa shape index (κ2) is 9.63. The van der Waals surface area contributed by atoms with Crippen molar-refractivity contribution < 1.29 is 17.6 Å². The predicted molar refractivity (Wildman–Crippen MR) is 112 cm³/mol. The van der Waals surface area contributed by atoms with E-state index in [0.29, 0.717) is 39.3 Å². The van der Waals surface area contributed by atoms with Gasteiger partial charge in [0, 0.05) is 58.2 Å². The highest BCUT2D eigenvalue weighted by molar-refractivity contribution is 7.89. The van der Waals surface area contributed by atoms with Crippen LogP contribution in [0, 0.1) is 5.82 Å². The largest absolute Gasteiger partial charge is 0.336 e. The lowest BCUT2D eigenvalue weighted by Crippen LogP contribution is -2.48. The highest BCUT2D eigenvalue weighted by atomic mass is 32.2. The monoisotopic (exact) mass is 434 g/mol. The second-order valence-corrected chi connectivity index (χ2v) is 9.10. The summed E-state index contributed by atoms with van der Waals surface area (Å²) in [5.41, 5.74) is 0.890. The van der Waals surface area contributed by atoms with Crippen LogP contribution in [0.5, 0.6) is 0 Å². The van der Waals surface area contributed by atoms with Crippen LogP contribution in [0.4, 0.5) is 4.39 Å². The third kappa shape index (κ3) is 4.85. The lowest BCUT2D eigenvalue weighted by atomic mass is 10.1. The lowest BCUT2D eigenvalue weighted by Gasteiger charge is -2.34. The number of hydrogen-bond donors (Lipinski definition) is 0. The highest BCUT2D eigenvalue weighted by Crippen LogP contribution is 2.21. The van der Waals surface area contributed by atoms with E-state index in [1.165, 1.54) is 10.4 Å². The Kier molecular flexibility index (Phi) is 7.17. The molecule has 1 aromatic carbocycles. The Labute approximate surface area is 177 Å². The first-order valence-corrected chi connectivity index (χ1v) is 11.5. The van der Waals surface area contributed by atoms with Gasteiger partial charge < -0.3 is 4.90 Å². The van der Waals surface area contributed by atoms with Crippen LogP contribution in [-0.2, 0) is 16.6 Å². The van der Waals surface area contributed by atoms with Gasteiger partial charge in [-0.2, -0.15) is 4.31 Å². The molecule has 0 unspecified atom stereocenters. The van der Waals surface area contributed by atoms with Gasteiger partial charge in [-0.1, -0.05) is 19.9 Å². The molecule has 1 aliphatic rings. The predicted octanol–water partition coefficient (Wildman–Crippen LogP) is 2.21. The molecule has 3 rings (SSSR count). The van der Waals surface area contributed by atoms with Crippen molar-refractivity contribution in [3.05, 3.63) is 59.7 Å². The van der Waals surface area contributed by atoms with E-state index in [2.05, 4.69) is 9.88 Å². The molecule has 9 heteroatoms. The molecule has 0 spiro atoms. The summed E-state index contributed by atoms with van der Waals surface area (Å²) in [7, 11) is -3.77. The fourth-order valence-electron chi connectivity index (χ4n) is 3.57. The topological polar surface area (TPSA) is 73.8 Å². The minimum atomic E-state index is -3.77. The Hall–Kier alpha value is -2.36. The molecule has 2 aromatic rings. The normalized spacial score (nSPS) is 15.5. The van der Waals surface area contributed by atoms with Gasteiger partial charge in [-0.15, -0.1) is 0 Å². The molecule has 0 radical (unpaired) electrons. The summed E-state index contributed by atoms with van der Waals surface area (Å²) in [5, 5.41) is 0. The molecule has 1 amide bonds. The van der Waals surface area contributed by atoms with Gasteiger partial charge in [0.05, 0.1) is 10.5 Å². The minimum Gasteiger partial charge on any atom is -0.336 e. The fourth-order valence-corrected chi connectivity index (χ4v) is 5.06. The zero-order valence-electron chi connectivity index (χ0n) is 17.3. The Morgan fingerprint density at radius 1 is 1.13 bits per heavy atom. The first-order valence-electron chi connectivity index (χ1n) is 10.1. The third-order valence-corrected chi connectivity index (χ3v) is 7.35. The number of amides is 1. The molecular weight excluding hydrogens is 407 g/mol. The van der Waals surface area contributed by atoms with Gasteiger partial charge in [-0.3, -0.25) is 14.7 Å². The summed E-state index contributed by atoms with van der Waals surface area (Å²) >= 11 is 0. The number of nitrogens with zero attached hydrogens (tertiary/aromatic N) is 4. The van der Waals surface area contributed by atoms with E-state index in [4.69, 9.17) is 0 Å². The molecule has 1 fully saturated rings. The Balaban J connectivity index is 1.71. The van der Waals surface area contributed by atoms with Crippen molar-refractivity contribution in [3.63, 3.8) is 0 Å². The van der Waals surface area contributed by atoms with Crippen LogP contribution in [0.15, 0.2) is 47.6 Å². The number of carbonyl (C=O) groups is 1. The van der Waals surface area contributed by atoms with Crippen molar-refractivity contribution in [1.29, 1.82) is 0 Å². The number of rotatable bonds is 7. The van der Waals surface area contributed by atoms with Gasteiger partial charge in [-0.05, 0) is 29.8 Å². The minimum absolute atomic E-state index is 0.0637. The second-order valence-electron chi connectivity index (χ2n) is 7.16. The van der Waals surface area contributed by atoms with Gasteiger partial charge in [0.15, 0.2) is 0 Å². The fraction of sp³-hybridized carbons (Fsp3) is 0.429. The molecule has 0 atom stereocenters. The zero-order valence-corrected chi connectivity index (χ0v) is 18.1. The van der Waals surface area contributed by atoms with Crippen molar-refractivity contribution in [2.24, 2.45) is 0 Å². The SMILES string of the molecule is CCN(CC)S(=O)(=O)c1ccc(F)c(C(=O)N2CCN(Cc3cccnc3)CC2)c1. The molecule has 1 aromatic heterocycles. The van der Waals surface area contributed by atoms with Gasteiger partial charge in [0.2, 0.25) is 10.0 Å². The van der Waals surface area contributed by atoms with E-state index in [-0.39, 0.29) is 10.5 Å². The van der Waals surface area contributed by atoms with Crippen molar-refractivity contribution in [2.45, 2.75) is 25.3 Å². The first-order chi connectivity index (χ1) is 14.4. The van der Waals surface area contributed by atoms with Crippen LogP contribution in [-0.4, -0.2) is 72.7 Å². The molecule has 1 saturated heterocycles. The van der Waals surface area contributed by atoms with Crippen molar-refractivity contribution in [2.75, 3.05) is 39.3 Å². The van der Waals surface area contributed by atoms with Crippen molar-refractivity contribution in [3.8, 4) is 0 Å². The number of benzene rings is 1. The average molecular weight is 435 g/mol. The molecule has 2 heterocycles. The first kappa shape index (κ1) is 22.3. The number of halogens is 1. The maximum absolute atomic E-state index is 14.4. The van der Waals surface area contributed by atoms with Crippen molar-refractivity contribution in [1.82, 2.24) is 19.1 Å². The maximum atomic E-state index is 14.4. The Bertz CT molecular complexity index is 973. The summed E-state index contributed by atoms with van der Waals surface area (Å²) in [6.07, 6.45) is 3.54. The molecule has 0 N–H and O–H groups in total. The van der Waals surface area contributed by atoms with Crippen LogP contribution in [0.2, 0.25) is 0 Å². The van der Waals surface area contributed by atoms with E-state index in [0.717, 1.165) is 24.2 Å². The molecular formula is C21H27FN4O3S. The number of sulfonamides is 1. The number of piperazine rings is 1. The molecule has 7 nitrogen and oxygen atoms in total. The van der Waals surface area contributed by atoms with Crippen LogP contribution in [0.1, 0.15) is 29.8 Å². The quantitative estimate of drug-likeness (QED) is 0.668. The summed E-state index contributed by atoms with van der Waals surface area (Å²) in [6.45, 7) is 7.03. The Morgan fingerprint density at radius 2 is 1.83 bits per heavy atom. The van der Waals surface area contributed by atoms with Gasteiger partial charge in [-0.25, -0.2) is 12.8 Å². The number of pyridine rings is 1. The van der Waals surface area contributed by atoms with E-state index in [9.17, 15) is 17.6 Å². The van der Waals surface area contributed by atoms with Crippen LogP contribution in [0.25, 0.3) is 0 Å². The average Bonchev–Trinajstić information content (AvgIpc) is 2.75. The molecule has 0 aliphatic carbocycles. The smallest absolute Gasteiger partial charge is 0.256 e. The molecule has 0 saturated carbocycles. The summed E-state index contributed by atoms with van der Waals surface area (Å²) < 4.78 is 41.2. The van der Waals surface area contributed by atoms with E-state index in [1.807, 2.05) is 18.3 Å². The van der Waals surface area contributed by atoms with Crippen LogP contribution >= 0.6 is 0 Å². The van der Waals surface area contributed by atoms with E-state index < -0.39 is 21.7 Å². The molecule has 1 aliphatic heterocycles. The zero-order chi connectivity index (χ0) is 21.7. The standard InChI is InChI=1S/C21H27FN4O3S/c1-3-26(4-2)30(28,29)18-7-8-20(22)19(14-18)21(27)25-12-10-24(11-13-25)16-17-6-5-9-23-15-17/h5-9,14-15H,3-4,10-13,16H2,1-2H3. The highest BCUT2D eigenvalue weighted by Gasteiger charge is 2.27. The van der Waals surface area contributed by atoms with Gasteiger partial charge >= 0.3 is 0 Å². The number of carbonyl (C=O) groups excluding carboxylic acids is 1. The summed E-state index contributed by atoms with van der Waals surface area (Å²) in [6, 6.07) is 7.32. The molecule has 30 heavy (non-hydrogen) atoms. The van der Waals surface area contributed by atoms with Gasteiger partial charge in [0.25, 0.3) is 5.91 Å². The molecule has 162 valence electrons. The van der Waals surface area contributed by atoms with Crippen molar-refractivity contribution >= 4 is 15.9 Å². The summed E-state index contributed by atoms with van der Waals surface area (Å²) in [4.78, 5) is 20.8. The van der Waals surface area contributed by atoms with E-state index in [1.54, 1.807) is 24.9 Å². The van der Waals surface area contributed by atoms with E-state index >= 15 is 0 Å². The Morgan fingerprint density at radius 3 is 2.43 bits per heavy atom. The number of aromatic nitrogens is 1. The van der Waals surface area contributed by atoms with Gasteiger partial charge in [0.1, 0.15) is 5.82 Å². The maximum Gasteiger partial charge on any atom is 0.256 e. The third-order valence-electron chi connectivity index (χ3n) is 5.30.